The number of aliphatic carboxylic acids is 2. The molecule has 35 heavy (non-hydrogen) atoms. The number of rotatable bonds is 10. The number of benzene rings is 2. The van der Waals surface area contributed by atoms with E-state index < -0.39 is 11.9 Å². The lowest BCUT2D eigenvalue weighted by Crippen LogP contribution is -2.27. The van der Waals surface area contributed by atoms with Gasteiger partial charge in [0.1, 0.15) is 0 Å². The smallest absolute Gasteiger partial charge is 0.307 e. The first-order valence-electron chi connectivity index (χ1n) is 11.7. The second kappa shape index (κ2) is 14.1. The van der Waals surface area contributed by atoms with Gasteiger partial charge in [0, 0.05) is 9.79 Å². The van der Waals surface area contributed by atoms with Crippen LogP contribution in [-0.2, 0) is 22.4 Å². The average molecular weight is 542 g/mol. The summed E-state index contributed by atoms with van der Waals surface area (Å²) in [6.45, 7) is 3.32. The third-order valence-corrected chi connectivity index (χ3v) is 7.89. The van der Waals surface area contributed by atoms with Crippen molar-refractivity contribution in [3.05, 3.63) is 59.7 Å². The number of carboxylic acid groups (broad SMARTS) is 2. The highest BCUT2D eigenvalue weighted by molar-refractivity contribution is 7.99. The zero-order valence-electron chi connectivity index (χ0n) is 19.5. The van der Waals surface area contributed by atoms with Crippen molar-refractivity contribution in [3.8, 4) is 0 Å². The van der Waals surface area contributed by atoms with Crippen molar-refractivity contribution in [2.75, 3.05) is 26.2 Å². The molecule has 2 fully saturated rings. The van der Waals surface area contributed by atoms with E-state index in [2.05, 4.69) is 22.8 Å². The number of carboxylic acids is 2. The Labute approximate surface area is 223 Å². The van der Waals surface area contributed by atoms with E-state index >= 15 is 0 Å². The summed E-state index contributed by atoms with van der Waals surface area (Å²) < 4.78 is 0. The Morgan fingerprint density at radius 3 is 1.57 bits per heavy atom. The molecule has 0 amide bonds. The van der Waals surface area contributed by atoms with Crippen LogP contribution < -0.4 is 10.6 Å². The normalized spacial score (nSPS) is 20.9. The Morgan fingerprint density at radius 1 is 0.800 bits per heavy atom. The maximum atomic E-state index is 11.9. The van der Waals surface area contributed by atoms with Crippen molar-refractivity contribution in [3.63, 3.8) is 0 Å². The van der Waals surface area contributed by atoms with Gasteiger partial charge in [-0.3, -0.25) is 9.59 Å². The highest BCUT2D eigenvalue weighted by atomic mass is 35.5. The maximum absolute atomic E-state index is 11.9. The molecule has 2 aliphatic heterocycles. The highest BCUT2D eigenvalue weighted by Crippen LogP contribution is 2.32. The van der Waals surface area contributed by atoms with Crippen LogP contribution in [0.1, 0.15) is 24.0 Å². The molecule has 2 aromatic rings. The third kappa shape index (κ3) is 8.12. The minimum absolute atomic E-state index is 0. The fraction of sp³-hybridized carbons (Fsp3) is 0.462. The van der Waals surface area contributed by atoms with Crippen LogP contribution in [0.2, 0.25) is 0 Å². The molecule has 2 saturated heterocycles. The van der Waals surface area contributed by atoms with Crippen LogP contribution in [0.25, 0.3) is 0 Å². The van der Waals surface area contributed by atoms with Crippen molar-refractivity contribution in [2.45, 2.75) is 35.5 Å². The van der Waals surface area contributed by atoms with E-state index in [-0.39, 0.29) is 48.5 Å². The van der Waals surface area contributed by atoms with Crippen molar-refractivity contribution in [1.82, 2.24) is 10.6 Å². The molecule has 2 aliphatic rings. The number of carbonyl (C=O) groups is 2. The van der Waals surface area contributed by atoms with E-state index in [0.29, 0.717) is 12.8 Å². The van der Waals surface area contributed by atoms with Gasteiger partial charge < -0.3 is 20.8 Å². The fourth-order valence-corrected chi connectivity index (χ4v) is 6.05. The van der Waals surface area contributed by atoms with Gasteiger partial charge >= 0.3 is 11.9 Å². The molecule has 4 atom stereocenters. The Kier molecular flexibility index (Phi) is 11.9. The molecule has 0 aromatic heterocycles. The Bertz CT molecular complexity index is 904. The minimum atomic E-state index is -0.722. The second-order valence-electron chi connectivity index (χ2n) is 9.20. The molecule has 4 N–H and O–H groups in total. The van der Waals surface area contributed by atoms with E-state index in [4.69, 9.17) is 0 Å². The van der Waals surface area contributed by atoms with E-state index in [9.17, 15) is 19.8 Å². The standard InChI is InChI=1S/C26H32N2O4S.2ClH/c29-25(30)23(19-7-9-27-15-19)13-17-3-1-5-21(11-17)33-22-6-2-4-18(12-22)14-24(26(31)32)20-8-10-28-16-20;;/h1-6,11-12,19-20,23-24,27-28H,7-10,13-16H2,(H,29,30)(H,31,32);2*1H/t19-,20-,23-,24-;;/m0../s1. The Hall–Kier alpha value is -1.77. The summed E-state index contributed by atoms with van der Waals surface area (Å²) >= 11 is 1.63. The van der Waals surface area contributed by atoms with Gasteiger partial charge in [-0.05, 0) is 99.1 Å². The lowest BCUT2D eigenvalue weighted by molar-refractivity contribution is -0.144. The predicted octanol–water partition coefficient (Wildman–Crippen LogP) is 4.39. The number of nitrogens with one attached hydrogen (secondary N) is 2. The molecule has 0 spiro atoms. The van der Waals surface area contributed by atoms with E-state index in [1.165, 1.54) is 0 Å². The summed E-state index contributed by atoms with van der Waals surface area (Å²) in [5, 5.41) is 26.0. The summed E-state index contributed by atoms with van der Waals surface area (Å²) in [5.74, 6) is -1.84. The quantitative estimate of drug-likeness (QED) is 0.354. The number of hydrogen-bond acceptors (Lipinski definition) is 5. The van der Waals surface area contributed by atoms with Crippen molar-refractivity contribution in [1.29, 1.82) is 0 Å². The topological polar surface area (TPSA) is 98.7 Å². The molecule has 0 unspecified atom stereocenters. The van der Waals surface area contributed by atoms with Gasteiger partial charge in [-0.1, -0.05) is 36.0 Å². The van der Waals surface area contributed by atoms with Crippen LogP contribution in [-0.4, -0.2) is 48.3 Å². The van der Waals surface area contributed by atoms with Gasteiger partial charge in [-0.2, -0.15) is 0 Å². The number of halogens is 2. The SMILES string of the molecule is Cl.Cl.O=C(O)[C@@H](Cc1cccc(Sc2cccc(C[C@H](C(=O)O)[C@H]3CCNC3)c2)c1)[C@H]1CCNC1. The lowest BCUT2D eigenvalue weighted by Gasteiger charge is -2.19. The van der Waals surface area contributed by atoms with Crippen LogP contribution in [0.5, 0.6) is 0 Å². The van der Waals surface area contributed by atoms with E-state index in [1.54, 1.807) is 11.8 Å². The minimum Gasteiger partial charge on any atom is -0.481 e. The molecular weight excluding hydrogens is 507 g/mol. The zero-order chi connectivity index (χ0) is 23.2. The molecule has 6 nitrogen and oxygen atoms in total. The van der Waals surface area contributed by atoms with Crippen LogP contribution in [0.3, 0.4) is 0 Å². The largest absolute Gasteiger partial charge is 0.481 e. The van der Waals surface area contributed by atoms with Gasteiger partial charge in [-0.25, -0.2) is 0 Å². The van der Waals surface area contributed by atoms with Gasteiger partial charge in [0.15, 0.2) is 0 Å². The highest BCUT2D eigenvalue weighted by Gasteiger charge is 2.31. The van der Waals surface area contributed by atoms with Crippen LogP contribution in [0.15, 0.2) is 58.3 Å². The summed E-state index contributed by atoms with van der Waals surface area (Å²) in [6.07, 6.45) is 2.89. The number of hydrogen-bond donors (Lipinski definition) is 4. The first-order chi connectivity index (χ1) is 16.0. The Balaban J connectivity index is 0.00000216. The zero-order valence-corrected chi connectivity index (χ0v) is 22.0. The lowest BCUT2D eigenvalue weighted by atomic mass is 9.86. The molecule has 9 heteroatoms. The molecule has 2 aromatic carbocycles. The van der Waals surface area contributed by atoms with Gasteiger partial charge in [-0.15, -0.1) is 24.8 Å². The fourth-order valence-electron chi connectivity index (χ4n) is 5.07. The van der Waals surface area contributed by atoms with Crippen molar-refractivity contribution in [2.24, 2.45) is 23.7 Å². The molecule has 192 valence electrons. The summed E-state index contributed by atoms with van der Waals surface area (Å²) in [6, 6.07) is 16.2. The molecule has 4 rings (SSSR count). The molecule has 0 radical (unpaired) electrons. The molecule has 2 heterocycles. The predicted molar refractivity (Wildman–Crippen MR) is 143 cm³/mol. The van der Waals surface area contributed by atoms with Crippen molar-refractivity contribution >= 4 is 48.5 Å². The third-order valence-electron chi connectivity index (χ3n) is 6.91. The molecule has 0 saturated carbocycles. The summed E-state index contributed by atoms with van der Waals surface area (Å²) in [4.78, 5) is 25.8. The van der Waals surface area contributed by atoms with Crippen molar-refractivity contribution < 1.29 is 19.8 Å². The Morgan fingerprint density at radius 2 is 1.23 bits per heavy atom. The van der Waals surface area contributed by atoms with Crippen LogP contribution in [0.4, 0.5) is 0 Å². The monoisotopic (exact) mass is 540 g/mol. The van der Waals surface area contributed by atoms with Gasteiger partial charge in [0.2, 0.25) is 0 Å². The first kappa shape index (κ1) is 29.5. The second-order valence-corrected chi connectivity index (χ2v) is 10.3. The summed E-state index contributed by atoms with van der Waals surface area (Å²) in [5.41, 5.74) is 2.07. The van der Waals surface area contributed by atoms with E-state index in [0.717, 1.165) is 59.9 Å². The molecular formula is C26H34Cl2N2O4S. The van der Waals surface area contributed by atoms with Crippen LogP contribution in [0, 0.1) is 23.7 Å². The van der Waals surface area contributed by atoms with Gasteiger partial charge in [0.05, 0.1) is 11.8 Å². The first-order valence-corrected chi connectivity index (χ1v) is 12.5. The summed E-state index contributed by atoms with van der Waals surface area (Å²) in [7, 11) is 0. The van der Waals surface area contributed by atoms with Crippen LogP contribution >= 0.6 is 36.6 Å². The molecule has 0 bridgehead atoms. The van der Waals surface area contributed by atoms with Gasteiger partial charge in [0.25, 0.3) is 0 Å². The average Bonchev–Trinajstić information content (AvgIpc) is 3.50. The maximum Gasteiger partial charge on any atom is 0.307 e. The molecule has 0 aliphatic carbocycles. The van der Waals surface area contributed by atoms with E-state index in [1.807, 2.05) is 36.4 Å².